The number of nitrogens with zero attached hydrogens (tertiary/aromatic N) is 4. The van der Waals surface area contributed by atoms with Crippen molar-refractivity contribution < 1.29 is 8.42 Å². The Balaban J connectivity index is 1.79. The topological polar surface area (TPSA) is 77.7 Å². The summed E-state index contributed by atoms with van der Waals surface area (Å²) in [6.07, 6.45) is 6.73. The number of aryl methyl sites for hydroxylation is 1. The van der Waals surface area contributed by atoms with E-state index in [0.29, 0.717) is 5.52 Å². The van der Waals surface area contributed by atoms with Crippen LogP contribution in [0.25, 0.3) is 33.4 Å². The molecule has 0 fully saturated rings. The highest BCUT2D eigenvalue weighted by Crippen LogP contribution is 2.39. The molecule has 0 N–H and O–H groups in total. The Labute approximate surface area is 162 Å². The van der Waals surface area contributed by atoms with Gasteiger partial charge in [0.1, 0.15) is 5.69 Å². The molecule has 0 saturated carbocycles. The first kappa shape index (κ1) is 17.1. The van der Waals surface area contributed by atoms with Crippen molar-refractivity contribution in [3.05, 3.63) is 60.6 Å². The van der Waals surface area contributed by atoms with Crippen molar-refractivity contribution in [2.24, 2.45) is 0 Å². The van der Waals surface area contributed by atoms with Crippen molar-refractivity contribution in [1.82, 2.24) is 19.7 Å². The second kappa shape index (κ2) is 6.24. The molecular formula is C21H18N4O2S. The van der Waals surface area contributed by atoms with Crippen molar-refractivity contribution in [1.29, 1.82) is 0 Å². The first-order chi connectivity index (χ1) is 13.5. The van der Waals surface area contributed by atoms with Gasteiger partial charge in [-0.15, -0.1) is 0 Å². The van der Waals surface area contributed by atoms with E-state index in [-0.39, 0.29) is 4.90 Å². The van der Waals surface area contributed by atoms with E-state index < -0.39 is 9.84 Å². The highest BCUT2D eigenvalue weighted by molar-refractivity contribution is 7.90. The molecule has 6 nitrogen and oxygen atoms in total. The lowest BCUT2D eigenvalue weighted by Crippen LogP contribution is -1.97. The van der Waals surface area contributed by atoms with Crippen molar-refractivity contribution in [2.45, 2.75) is 24.3 Å². The van der Waals surface area contributed by atoms with Gasteiger partial charge < -0.3 is 0 Å². The van der Waals surface area contributed by atoms with Gasteiger partial charge in [0.15, 0.2) is 9.84 Å². The summed E-state index contributed by atoms with van der Waals surface area (Å²) in [7, 11) is -3.29. The fourth-order valence-electron chi connectivity index (χ4n) is 3.87. The minimum Gasteiger partial charge on any atom is -0.268 e. The van der Waals surface area contributed by atoms with E-state index in [1.165, 1.54) is 11.9 Å². The van der Waals surface area contributed by atoms with Gasteiger partial charge >= 0.3 is 0 Å². The molecule has 28 heavy (non-hydrogen) atoms. The van der Waals surface area contributed by atoms with Crippen LogP contribution in [0.3, 0.4) is 0 Å². The molecule has 1 aromatic carbocycles. The number of sulfone groups is 1. The SMILES string of the molecule is CS(=O)(=O)c1ccc2c(-c3c(-c4ccccn4)nn4c3CCC4)ccnc2c1. The first-order valence-corrected chi connectivity index (χ1v) is 11.0. The van der Waals surface area contributed by atoms with Crippen molar-refractivity contribution in [3.63, 3.8) is 0 Å². The molecule has 7 heteroatoms. The smallest absolute Gasteiger partial charge is 0.175 e. The number of fused-ring (bicyclic) bond motifs is 2. The average Bonchev–Trinajstić information content (AvgIpc) is 3.28. The van der Waals surface area contributed by atoms with Gasteiger partial charge in [-0.05, 0) is 48.7 Å². The van der Waals surface area contributed by atoms with Crippen molar-refractivity contribution in [2.75, 3.05) is 6.26 Å². The van der Waals surface area contributed by atoms with E-state index in [2.05, 4.69) is 14.6 Å². The molecule has 140 valence electrons. The fourth-order valence-corrected chi connectivity index (χ4v) is 4.51. The summed E-state index contributed by atoms with van der Waals surface area (Å²) in [5, 5.41) is 5.75. The largest absolute Gasteiger partial charge is 0.268 e. The summed E-state index contributed by atoms with van der Waals surface area (Å²) >= 11 is 0. The van der Waals surface area contributed by atoms with Gasteiger partial charge in [-0.1, -0.05) is 12.1 Å². The molecular weight excluding hydrogens is 372 g/mol. The summed E-state index contributed by atoms with van der Waals surface area (Å²) in [4.78, 5) is 9.19. The van der Waals surface area contributed by atoms with Gasteiger partial charge in [0.2, 0.25) is 0 Å². The lowest BCUT2D eigenvalue weighted by atomic mass is 9.97. The van der Waals surface area contributed by atoms with Crippen LogP contribution >= 0.6 is 0 Å². The predicted octanol–water partition coefficient (Wildman–Crippen LogP) is 3.51. The van der Waals surface area contributed by atoms with Crippen LogP contribution in [0.2, 0.25) is 0 Å². The quantitative estimate of drug-likeness (QED) is 0.535. The predicted molar refractivity (Wildman–Crippen MR) is 108 cm³/mol. The van der Waals surface area contributed by atoms with Gasteiger partial charge in [0.05, 0.1) is 16.1 Å². The van der Waals surface area contributed by atoms with Crippen LogP contribution in [-0.2, 0) is 22.8 Å². The van der Waals surface area contributed by atoms with Crippen molar-refractivity contribution in [3.8, 4) is 22.5 Å². The number of pyridine rings is 2. The van der Waals surface area contributed by atoms with Gasteiger partial charge in [-0.3, -0.25) is 14.6 Å². The summed E-state index contributed by atoms with van der Waals surface area (Å²) < 4.78 is 25.9. The third-order valence-corrected chi connectivity index (χ3v) is 6.27. The molecule has 0 unspecified atom stereocenters. The van der Waals surface area contributed by atoms with E-state index in [0.717, 1.165) is 47.3 Å². The highest BCUT2D eigenvalue weighted by Gasteiger charge is 2.25. The molecule has 4 heterocycles. The summed E-state index contributed by atoms with van der Waals surface area (Å²) in [5.74, 6) is 0. The second-order valence-electron chi connectivity index (χ2n) is 7.02. The second-order valence-corrected chi connectivity index (χ2v) is 9.04. The molecule has 5 rings (SSSR count). The van der Waals surface area contributed by atoms with Crippen LogP contribution < -0.4 is 0 Å². The first-order valence-electron chi connectivity index (χ1n) is 9.13. The number of hydrogen-bond donors (Lipinski definition) is 0. The molecule has 3 aromatic heterocycles. The number of rotatable bonds is 3. The van der Waals surface area contributed by atoms with Gasteiger partial charge in [0.25, 0.3) is 0 Å². The lowest BCUT2D eigenvalue weighted by Gasteiger charge is -2.09. The number of benzene rings is 1. The van der Waals surface area contributed by atoms with Gasteiger partial charge in [-0.2, -0.15) is 5.10 Å². The fraction of sp³-hybridized carbons (Fsp3) is 0.190. The zero-order valence-corrected chi connectivity index (χ0v) is 16.1. The Bertz CT molecular complexity index is 1310. The molecule has 1 aliphatic heterocycles. The molecule has 0 saturated heterocycles. The van der Waals surface area contributed by atoms with Crippen molar-refractivity contribution >= 4 is 20.7 Å². The van der Waals surface area contributed by atoms with Crippen LogP contribution in [0.5, 0.6) is 0 Å². The maximum absolute atomic E-state index is 11.9. The molecule has 0 bridgehead atoms. The van der Waals surface area contributed by atoms with E-state index in [4.69, 9.17) is 5.10 Å². The third-order valence-electron chi connectivity index (χ3n) is 5.16. The van der Waals surface area contributed by atoms with E-state index in [1.807, 2.05) is 30.3 Å². The number of aromatic nitrogens is 4. The highest BCUT2D eigenvalue weighted by atomic mass is 32.2. The van der Waals surface area contributed by atoms with Crippen LogP contribution in [0.4, 0.5) is 0 Å². The molecule has 0 radical (unpaired) electrons. The van der Waals surface area contributed by atoms with Crippen LogP contribution in [0, 0.1) is 0 Å². The zero-order chi connectivity index (χ0) is 19.3. The third kappa shape index (κ3) is 2.70. The Kier molecular flexibility index (Phi) is 3.80. The number of hydrogen-bond acceptors (Lipinski definition) is 5. The van der Waals surface area contributed by atoms with Crippen LogP contribution in [0.1, 0.15) is 12.1 Å². The summed E-state index contributed by atoms with van der Waals surface area (Å²) in [5.41, 5.74) is 5.61. The Morgan fingerprint density at radius 3 is 2.71 bits per heavy atom. The minimum absolute atomic E-state index is 0.273. The molecule has 0 atom stereocenters. The molecule has 0 amide bonds. The zero-order valence-electron chi connectivity index (χ0n) is 15.3. The van der Waals surface area contributed by atoms with E-state index in [1.54, 1.807) is 24.5 Å². The summed E-state index contributed by atoms with van der Waals surface area (Å²) in [6, 6.07) is 12.9. The molecule has 0 spiro atoms. The molecule has 4 aromatic rings. The van der Waals surface area contributed by atoms with Gasteiger partial charge in [0, 0.05) is 41.8 Å². The Morgan fingerprint density at radius 1 is 1.04 bits per heavy atom. The maximum Gasteiger partial charge on any atom is 0.175 e. The van der Waals surface area contributed by atoms with E-state index >= 15 is 0 Å². The molecule has 0 aliphatic carbocycles. The van der Waals surface area contributed by atoms with Crippen LogP contribution in [-0.4, -0.2) is 34.4 Å². The Hall–Kier alpha value is -3.06. The normalized spacial score (nSPS) is 13.8. The maximum atomic E-state index is 11.9. The van der Waals surface area contributed by atoms with Crippen LogP contribution in [0.15, 0.2) is 59.8 Å². The standard InChI is InChI=1S/C21H18N4O2S/c1-28(26,27)14-7-8-15-16(9-11-23-18(15)13-14)20-19-6-4-12-25(19)24-21(20)17-5-2-3-10-22-17/h2-3,5,7-11,13H,4,6,12H2,1H3. The minimum atomic E-state index is -3.29. The average molecular weight is 390 g/mol. The summed E-state index contributed by atoms with van der Waals surface area (Å²) in [6.45, 7) is 0.899. The monoisotopic (exact) mass is 390 g/mol. The van der Waals surface area contributed by atoms with E-state index in [9.17, 15) is 8.42 Å². The molecule has 1 aliphatic rings. The lowest BCUT2D eigenvalue weighted by molar-refractivity contribution is 0.602. The Morgan fingerprint density at radius 2 is 1.93 bits per heavy atom. The van der Waals surface area contributed by atoms with Gasteiger partial charge in [-0.25, -0.2) is 8.42 Å².